The molecule has 0 aliphatic carbocycles. The lowest BCUT2D eigenvalue weighted by Crippen LogP contribution is -2.16. The summed E-state index contributed by atoms with van der Waals surface area (Å²) in [6, 6.07) is 14.8. The number of fused-ring (bicyclic) bond motifs is 1. The average molecular weight is 409 g/mol. The first kappa shape index (κ1) is 18.5. The summed E-state index contributed by atoms with van der Waals surface area (Å²) in [5, 5.41) is 15.9. The number of carbonyl (C=O) groups excluding carboxylic acids is 1. The Labute approximate surface area is 168 Å². The van der Waals surface area contributed by atoms with Gasteiger partial charge in [-0.1, -0.05) is 29.8 Å². The molecule has 2 aromatic carbocycles. The summed E-state index contributed by atoms with van der Waals surface area (Å²) < 4.78 is 5.52. The Morgan fingerprint density at radius 2 is 2.03 bits per heavy atom. The number of furan rings is 1. The molecule has 0 spiro atoms. The second-order valence-electron chi connectivity index (χ2n) is 6.07. The summed E-state index contributed by atoms with van der Waals surface area (Å²) in [7, 11) is 0. The first-order valence-corrected chi connectivity index (χ1v) is 8.84. The minimum atomic E-state index is -0.539. The lowest BCUT2D eigenvalue weighted by Gasteiger charge is -2.01. The highest BCUT2D eigenvalue weighted by Crippen LogP contribution is 2.32. The molecule has 2 heterocycles. The number of non-ortho nitro benzene ring substituents is 1. The van der Waals surface area contributed by atoms with Crippen LogP contribution in [-0.2, 0) is 0 Å². The predicted octanol–water partition coefficient (Wildman–Crippen LogP) is 4.75. The van der Waals surface area contributed by atoms with Gasteiger partial charge in [-0.25, -0.2) is 5.43 Å². The van der Waals surface area contributed by atoms with Gasteiger partial charge >= 0.3 is 5.91 Å². The zero-order valence-electron chi connectivity index (χ0n) is 14.8. The van der Waals surface area contributed by atoms with Crippen LogP contribution in [0.5, 0.6) is 0 Å². The lowest BCUT2D eigenvalue weighted by atomic mass is 10.1. The number of nitro groups is 1. The van der Waals surface area contributed by atoms with Crippen molar-refractivity contribution < 1.29 is 14.1 Å². The van der Waals surface area contributed by atoms with Crippen LogP contribution in [0.4, 0.5) is 5.69 Å². The Bertz CT molecular complexity index is 1260. The summed E-state index contributed by atoms with van der Waals surface area (Å²) in [5.41, 5.74) is 4.52. The number of amides is 1. The number of rotatable bonds is 5. The lowest BCUT2D eigenvalue weighted by molar-refractivity contribution is -0.384. The van der Waals surface area contributed by atoms with E-state index in [2.05, 4.69) is 15.5 Å². The van der Waals surface area contributed by atoms with Gasteiger partial charge < -0.3 is 9.40 Å². The Balaban J connectivity index is 1.48. The average Bonchev–Trinajstić information content (AvgIpc) is 3.35. The van der Waals surface area contributed by atoms with Crippen LogP contribution in [0, 0.1) is 10.1 Å². The van der Waals surface area contributed by atoms with Crippen molar-refractivity contribution in [3.8, 4) is 11.3 Å². The van der Waals surface area contributed by atoms with E-state index in [-0.39, 0.29) is 16.5 Å². The van der Waals surface area contributed by atoms with Crippen LogP contribution in [-0.4, -0.2) is 22.0 Å². The van der Waals surface area contributed by atoms with Crippen LogP contribution in [0.2, 0.25) is 5.02 Å². The summed E-state index contributed by atoms with van der Waals surface area (Å²) in [4.78, 5) is 25.6. The molecule has 0 aliphatic rings. The van der Waals surface area contributed by atoms with Crippen LogP contribution in [0.1, 0.15) is 16.1 Å². The van der Waals surface area contributed by atoms with Crippen molar-refractivity contribution >= 4 is 40.3 Å². The fourth-order valence-electron chi connectivity index (χ4n) is 2.84. The molecular formula is C20H13ClN4O4. The highest BCUT2D eigenvalue weighted by molar-refractivity contribution is 6.33. The van der Waals surface area contributed by atoms with E-state index in [0.29, 0.717) is 11.3 Å². The van der Waals surface area contributed by atoms with Crippen molar-refractivity contribution in [2.24, 2.45) is 5.10 Å². The fourth-order valence-corrected chi connectivity index (χ4v) is 3.11. The van der Waals surface area contributed by atoms with Crippen LogP contribution in [0.15, 0.2) is 70.3 Å². The van der Waals surface area contributed by atoms with E-state index in [1.54, 1.807) is 12.3 Å². The third-order valence-corrected chi connectivity index (χ3v) is 4.56. The van der Waals surface area contributed by atoms with Crippen molar-refractivity contribution in [3.05, 3.63) is 87.3 Å². The van der Waals surface area contributed by atoms with Crippen molar-refractivity contribution in [1.29, 1.82) is 0 Å². The van der Waals surface area contributed by atoms with Gasteiger partial charge in [0.05, 0.1) is 16.2 Å². The summed E-state index contributed by atoms with van der Waals surface area (Å²) in [6.07, 6.45) is 3.33. The molecule has 1 amide bonds. The number of nitrogens with zero attached hydrogens (tertiary/aromatic N) is 2. The quantitative estimate of drug-likeness (QED) is 0.281. The molecule has 9 heteroatoms. The van der Waals surface area contributed by atoms with Crippen molar-refractivity contribution in [2.45, 2.75) is 0 Å². The number of hydrogen-bond donors (Lipinski definition) is 2. The van der Waals surface area contributed by atoms with Crippen molar-refractivity contribution in [3.63, 3.8) is 0 Å². The maximum atomic E-state index is 12.3. The predicted molar refractivity (Wildman–Crippen MR) is 109 cm³/mol. The Hall–Kier alpha value is -3.91. The van der Waals surface area contributed by atoms with Gasteiger partial charge in [0, 0.05) is 40.4 Å². The molecule has 0 fully saturated rings. The van der Waals surface area contributed by atoms with Gasteiger partial charge in [0.1, 0.15) is 5.76 Å². The monoisotopic (exact) mass is 408 g/mol. The molecule has 2 aromatic heterocycles. The standard InChI is InChI=1S/C20H13ClN4O4/c21-16-9-13(25(27)28)5-6-15(16)18-7-8-19(29-18)20(26)24-23-11-12-10-22-17-4-2-1-3-14(12)17/h1-11,22H,(H,24,26)/b23-11-. The minimum absolute atomic E-state index is 0.0329. The maximum Gasteiger partial charge on any atom is 0.307 e. The molecule has 0 atom stereocenters. The van der Waals surface area contributed by atoms with Gasteiger partial charge in [-0.15, -0.1) is 0 Å². The van der Waals surface area contributed by atoms with E-state index in [1.807, 2.05) is 24.3 Å². The Morgan fingerprint density at radius 1 is 1.21 bits per heavy atom. The first-order chi connectivity index (χ1) is 14.0. The Kier molecular flexibility index (Phi) is 4.84. The number of nitrogens with one attached hydrogen (secondary N) is 2. The van der Waals surface area contributed by atoms with E-state index in [4.69, 9.17) is 16.0 Å². The molecule has 29 heavy (non-hydrogen) atoms. The molecule has 0 saturated heterocycles. The molecule has 4 aromatic rings. The number of nitro benzene ring substituents is 1. The second-order valence-corrected chi connectivity index (χ2v) is 6.48. The van der Waals surface area contributed by atoms with Crippen LogP contribution < -0.4 is 5.43 Å². The normalized spacial score (nSPS) is 11.2. The molecule has 0 saturated carbocycles. The number of hydrazone groups is 1. The number of hydrogen-bond acceptors (Lipinski definition) is 5. The number of benzene rings is 2. The highest BCUT2D eigenvalue weighted by Gasteiger charge is 2.16. The van der Waals surface area contributed by atoms with Gasteiger partial charge in [-0.2, -0.15) is 5.10 Å². The van der Waals surface area contributed by atoms with Crippen LogP contribution >= 0.6 is 11.6 Å². The SMILES string of the molecule is O=C(N/N=C\c1c[nH]c2ccccc12)c1ccc(-c2ccc([N+](=O)[O-])cc2Cl)o1. The number of para-hydroxylation sites is 1. The number of aromatic nitrogens is 1. The van der Waals surface area contributed by atoms with E-state index in [0.717, 1.165) is 16.5 Å². The van der Waals surface area contributed by atoms with Gasteiger partial charge in [0.2, 0.25) is 0 Å². The smallest absolute Gasteiger partial charge is 0.307 e. The third-order valence-electron chi connectivity index (χ3n) is 4.25. The van der Waals surface area contributed by atoms with Crippen molar-refractivity contribution in [2.75, 3.05) is 0 Å². The number of halogens is 1. The van der Waals surface area contributed by atoms with E-state index in [1.165, 1.54) is 30.5 Å². The van der Waals surface area contributed by atoms with Crippen LogP contribution in [0.25, 0.3) is 22.2 Å². The summed E-state index contributed by atoms with van der Waals surface area (Å²) >= 11 is 6.09. The maximum absolute atomic E-state index is 12.3. The molecule has 4 rings (SSSR count). The van der Waals surface area contributed by atoms with Crippen LogP contribution in [0.3, 0.4) is 0 Å². The molecular weight excluding hydrogens is 396 g/mol. The zero-order valence-corrected chi connectivity index (χ0v) is 15.5. The van der Waals surface area contributed by atoms with E-state index >= 15 is 0 Å². The first-order valence-electron chi connectivity index (χ1n) is 8.46. The molecule has 8 nitrogen and oxygen atoms in total. The number of H-pyrrole nitrogens is 1. The van der Waals surface area contributed by atoms with Crippen molar-refractivity contribution in [1.82, 2.24) is 10.4 Å². The largest absolute Gasteiger partial charge is 0.451 e. The van der Waals surface area contributed by atoms with Gasteiger partial charge in [0.15, 0.2) is 5.76 Å². The number of aromatic amines is 1. The topological polar surface area (TPSA) is 114 Å². The van der Waals surface area contributed by atoms with Gasteiger partial charge in [-0.3, -0.25) is 14.9 Å². The van der Waals surface area contributed by atoms with Gasteiger partial charge in [0.25, 0.3) is 5.69 Å². The summed E-state index contributed by atoms with van der Waals surface area (Å²) in [5.74, 6) is -0.188. The molecule has 0 bridgehead atoms. The molecule has 0 unspecified atom stereocenters. The molecule has 144 valence electrons. The number of carbonyl (C=O) groups is 1. The van der Waals surface area contributed by atoms with E-state index < -0.39 is 10.8 Å². The minimum Gasteiger partial charge on any atom is -0.451 e. The molecule has 2 N–H and O–H groups in total. The van der Waals surface area contributed by atoms with E-state index in [9.17, 15) is 14.9 Å². The fraction of sp³-hybridized carbons (Fsp3) is 0. The molecule has 0 radical (unpaired) electrons. The van der Waals surface area contributed by atoms with Gasteiger partial charge in [-0.05, 0) is 24.3 Å². The zero-order chi connectivity index (χ0) is 20.4. The summed E-state index contributed by atoms with van der Waals surface area (Å²) in [6.45, 7) is 0. The second kappa shape index (κ2) is 7.61. The Morgan fingerprint density at radius 3 is 2.83 bits per heavy atom. The highest BCUT2D eigenvalue weighted by atomic mass is 35.5. The molecule has 0 aliphatic heterocycles. The third kappa shape index (κ3) is 3.74.